The number of amides is 1. The normalized spacial score (nSPS) is 17.4. The Kier molecular flexibility index (Phi) is 6.44. The van der Waals surface area contributed by atoms with E-state index in [1.165, 1.54) is 12.1 Å². The van der Waals surface area contributed by atoms with E-state index in [4.69, 9.17) is 23.8 Å². The summed E-state index contributed by atoms with van der Waals surface area (Å²) in [5.41, 5.74) is 3.11. The monoisotopic (exact) mass is 502 g/mol. The molecular weight excluding hydrogens is 483 g/mol. The molecule has 5 rings (SSSR count). The Morgan fingerprint density at radius 1 is 1.06 bits per heavy atom. The van der Waals surface area contributed by atoms with Gasteiger partial charge >= 0.3 is 0 Å². The molecule has 1 aromatic heterocycles. The predicted molar refractivity (Wildman–Crippen MR) is 143 cm³/mol. The molecule has 0 radical (unpaired) electrons. The van der Waals surface area contributed by atoms with Gasteiger partial charge in [-0.3, -0.25) is 9.78 Å². The largest absolute Gasteiger partial charge is 0.349 e. The number of carbonyl (C=O) groups excluding carboxylic acids is 1. The number of anilines is 2. The second-order valence-corrected chi connectivity index (χ2v) is 8.89. The van der Waals surface area contributed by atoms with Gasteiger partial charge in [-0.05, 0) is 66.3 Å². The van der Waals surface area contributed by atoms with E-state index in [-0.39, 0.29) is 17.8 Å². The van der Waals surface area contributed by atoms with Crippen LogP contribution in [0.3, 0.4) is 0 Å². The minimum Gasteiger partial charge on any atom is -0.349 e. The quantitative estimate of drug-likeness (QED) is 0.266. The molecule has 5 nitrogen and oxygen atoms in total. The highest BCUT2D eigenvalue weighted by atomic mass is 35.5. The third-order valence-electron chi connectivity index (χ3n) is 5.77. The summed E-state index contributed by atoms with van der Waals surface area (Å²) in [7, 11) is 0. The Morgan fingerprint density at radius 3 is 2.60 bits per heavy atom. The molecule has 0 saturated carbocycles. The molecule has 2 atom stereocenters. The first-order chi connectivity index (χ1) is 17.0. The van der Waals surface area contributed by atoms with Crippen LogP contribution in [0, 0.1) is 5.82 Å². The lowest BCUT2D eigenvalue weighted by Gasteiger charge is -2.46. The van der Waals surface area contributed by atoms with Gasteiger partial charge in [-0.15, -0.1) is 0 Å². The van der Waals surface area contributed by atoms with Crippen LogP contribution in [-0.4, -0.2) is 28.1 Å². The number of nitrogens with zero attached hydrogens (tertiary/aromatic N) is 2. The van der Waals surface area contributed by atoms with Crippen LogP contribution in [0.5, 0.6) is 0 Å². The van der Waals surface area contributed by atoms with Gasteiger partial charge in [-0.25, -0.2) is 4.39 Å². The summed E-state index contributed by atoms with van der Waals surface area (Å²) < 4.78 is 13.5. The lowest BCUT2D eigenvalue weighted by molar-refractivity contribution is -0.125. The minimum atomic E-state index is -0.581. The van der Waals surface area contributed by atoms with Gasteiger partial charge < -0.3 is 15.5 Å². The second kappa shape index (κ2) is 9.82. The Hall–Kier alpha value is -3.81. The molecular formula is C27H20ClFN4OS. The van der Waals surface area contributed by atoms with Crippen LogP contribution < -0.4 is 15.5 Å². The minimum absolute atomic E-state index is 0.158. The smallest absolute Gasteiger partial charge is 0.252 e. The average molecular weight is 503 g/mol. The molecule has 35 heavy (non-hydrogen) atoms. The first-order valence-electron chi connectivity index (χ1n) is 10.9. The van der Waals surface area contributed by atoms with Crippen LogP contribution in [-0.2, 0) is 4.79 Å². The van der Waals surface area contributed by atoms with Gasteiger partial charge in [-0.1, -0.05) is 54.1 Å². The van der Waals surface area contributed by atoms with Gasteiger partial charge in [-0.2, -0.15) is 0 Å². The number of aromatic nitrogens is 1. The molecule has 0 bridgehead atoms. The summed E-state index contributed by atoms with van der Waals surface area (Å²) in [5.74, 6) is -0.515. The molecule has 174 valence electrons. The molecule has 1 fully saturated rings. The third-order valence-corrected chi connectivity index (χ3v) is 6.23. The number of nitrogens with one attached hydrogen (secondary N) is 2. The number of β-lactam (4-membered cyclic amide) rings is 1. The number of benzene rings is 3. The maximum Gasteiger partial charge on any atom is 0.252 e. The Morgan fingerprint density at radius 2 is 1.83 bits per heavy atom. The van der Waals surface area contributed by atoms with Crippen molar-refractivity contribution in [1.82, 2.24) is 10.3 Å². The fraction of sp³-hybridized carbons (Fsp3) is 0.0741. The van der Waals surface area contributed by atoms with Gasteiger partial charge in [0.15, 0.2) is 5.11 Å². The van der Waals surface area contributed by atoms with E-state index in [2.05, 4.69) is 15.6 Å². The number of halogens is 2. The van der Waals surface area contributed by atoms with Crippen molar-refractivity contribution in [2.75, 3.05) is 10.2 Å². The van der Waals surface area contributed by atoms with Gasteiger partial charge in [0.1, 0.15) is 11.9 Å². The highest BCUT2D eigenvalue weighted by Gasteiger charge is 2.47. The van der Waals surface area contributed by atoms with E-state index in [0.717, 1.165) is 22.2 Å². The third kappa shape index (κ3) is 4.87. The van der Waals surface area contributed by atoms with E-state index in [0.29, 0.717) is 15.8 Å². The van der Waals surface area contributed by atoms with Gasteiger partial charge in [0.25, 0.3) is 5.91 Å². The summed E-state index contributed by atoms with van der Waals surface area (Å²) in [4.78, 5) is 19.1. The van der Waals surface area contributed by atoms with Crippen LogP contribution in [0.2, 0.25) is 5.02 Å². The predicted octanol–water partition coefficient (Wildman–Crippen LogP) is 5.81. The van der Waals surface area contributed by atoms with Gasteiger partial charge in [0.2, 0.25) is 0 Å². The zero-order valence-electron chi connectivity index (χ0n) is 18.4. The number of carbonyl (C=O) groups is 1. The lowest BCUT2D eigenvalue weighted by Crippen LogP contribution is -2.70. The van der Waals surface area contributed by atoms with Crippen molar-refractivity contribution >= 4 is 63.2 Å². The molecule has 1 saturated heterocycles. The van der Waals surface area contributed by atoms with Crippen LogP contribution in [0.25, 0.3) is 17.0 Å². The van der Waals surface area contributed by atoms with Crippen molar-refractivity contribution in [2.45, 2.75) is 12.1 Å². The molecule has 2 N–H and O–H groups in total. The highest BCUT2D eigenvalue weighted by Crippen LogP contribution is 2.30. The standard InChI is InChI=1S/C27H20ClFN4OS/c28-18-7-12-21-22(14-15-30-23(21)16-18)31-27(35)32-25-24(13-6-17-4-2-1-3-5-17)33(26(25)34)20-10-8-19(29)9-11-20/h1-16,24-25H,(H2,30,31,32,35)/b13-6+/t24-,25+/m0/s1. The lowest BCUT2D eigenvalue weighted by atomic mass is 9.92. The number of rotatable bonds is 5. The number of hydrogen-bond donors (Lipinski definition) is 2. The van der Waals surface area contributed by atoms with Crippen molar-refractivity contribution in [3.05, 3.63) is 108 Å². The topological polar surface area (TPSA) is 57.3 Å². The summed E-state index contributed by atoms with van der Waals surface area (Å²) in [6.07, 6.45) is 5.57. The van der Waals surface area contributed by atoms with Crippen molar-refractivity contribution in [3.63, 3.8) is 0 Å². The molecule has 4 aromatic rings. The Balaban J connectivity index is 1.37. The maximum absolute atomic E-state index is 13.5. The van der Waals surface area contributed by atoms with Crippen LogP contribution >= 0.6 is 23.8 Å². The first-order valence-corrected chi connectivity index (χ1v) is 11.7. The van der Waals surface area contributed by atoms with Crippen LogP contribution in [0.15, 0.2) is 91.1 Å². The van der Waals surface area contributed by atoms with Crippen LogP contribution in [0.4, 0.5) is 15.8 Å². The molecule has 8 heteroatoms. The fourth-order valence-electron chi connectivity index (χ4n) is 4.06. The number of fused-ring (bicyclic) bond motifs is 1. The van der Waals surface area contributed by atoms with Gasteiger partial charge in [0, 0.05) is 22.3 Å². The molecule has 0 aliphatic carbocycles. The molecule has 1 aliphatic heterocycles. The van der Waals surface area contributed by atoms with Crippen molar-refractivity contribution in [3.8, 4) is 0 Å². The second-order valence-electron chi connectivity index (χ2n) is 8.04. The van der Waals surface area contributed by atoms with E-state index < -0.39 is 6.04 Å². The first kappa shape index (κ1) is 23.0. The molecule has 0 spiro atoms. The number of pyridine rings is 1. The van der Waals surface area contributed by atoms with E-state index in [1.54, 1.807) is 35.4 Å². The number of thiocarbonyl (C=S) groups is 1. The Bertz CT molecular complexity index is 1430. The van der Waals surface area contributed by atoms with E-state index in [9.17, 15) is 9.18 Å². The Labute approximate surface area is 212 Å². The van der Waals surface area contributed by atoms with Crippen molar-refractivity contribution in [2.24, 2.45) is 0 Å². The van der Waals surface area contributed by atoms with Gasteiger partial charge in [0.05, 0.1) is 17.2 Å². The van der Waals surface area contributed by atoms with Crippen LogP contribution in [0.1, 0.15) is 5.56 Å². The zero-order chi connectivity index (χ0) is 24.4. The number of hydrogen-bond acceptors (Lipinski definition) is 3. The molecule has 1 aliphatic rings. The van der Waals surface area contributed by atoms with E-state index in [1.807, 2.05) is 54.6 Å². The summed E-state index contributed by atoms with van der Waals surface area (Å²) in [5, 5.41) is 8.08. The van der Waals surface area contributed by atoms with Crippen molar-refractivity contribution in [1.29, 1.82) is 0 Å². The summed E-state index contributed by atoms with van der Waals surface area (Å²) in [6, 6.07) is 22.0. The summed E-state index contributed by atoms with van der Waals surface area (Å²) >= 11 is 11.6. The fourth-order valence-corrected chi connectivity index (χ4v) is 4.46. The summed E-state index contributed by atoms with van der Waals surface area (Å²) in [6.45, 7) is 0. The molecule has 0 unspecified atom stereocenters. The average Bonchev–Trinajstić information content (AvgIpc) is 2.86. The molecule has 2 heterocycles. The molecule has 1 amide bonds. The highest BCUT2D eigenvalue weighted by molar-refractivity contribution is 7.80. The van der Waals surface area contributed by atoms with E-state index >= 15 is 0 Å². The maximum atomic E-state index is 13.5. The molecule has 3 aromatic carbocycles. The van der Waals surface area contributed by atoms with Crippen molar-refractivity contribution < 1.29 is 9.18 Å². The zero-order valence-corrected chi connectivity index (χ0v) is 19.9. The SMILES string of the molecule is O=C1[C@H](NC(=S)Nc2ccnc3cc(Cl)ccc23)[C@H](/C=C/c2ccccc2)N1c1ccc(F)cc1.